The Bertz CT molecular complexity index is 709. The molecule has 0 aliphatic carbocycles. The van der Waals surface area contributed by atoms with Gasteiger partial charge < -0.3 is 15.0 Å². The van der Waals surface area contributed by atoms with Gasteiger partial charge in [0.1, 0.15) is 11.5 Å². The number of rotatable bonds is 4. The lowest BCUT2D eigenvalue weighted by atomic mass is 10.0. The fraction of sp³-hybridized carbons (Fsp3) is 0.333. The number of nitrogens with zero attached hydrogens (tertiary/aromatic N) is 2. The summed E-state index contributed by atoms with van der Waals surface area (Å²) in [5.41, 5.74) is 0.582. The van der Waals surface area contributed by atoms with Gasteiger partial charge >= 0.3 is 0 Å². The maximum absolute atomic E-state index is 12.7. The minimum absolute atomic E-state index is 0.00677. The number of hydrogen-bond acceptors (Lipinski definition) is 4. The number of pyridine rings is 1. The highest BCUT2D eigenvalue weighted by Gasteiger charge is 2.24. The normalized spacial score (nSPS) is 17.6. The maximum Gasteiger partial charge on any atom is 0.253 e. The standard InChI is InChI=1S/C18H20ClN3O2/c1-20-14-3-2-10-22(12-14)18(23)13-4-5-17(16(19)11-13)24-15-6-8-21-9-7-15/h4-9,11,14,20H,2-3,10,12H2,1H3. The smallest absolute Gasteiger partial charge is 0.253 e. The predicted octanol–water partition coefficient (Wildman–Crippen LogP) is 3.35. The molecule has 0 spiro atoms. The number of amides is 1. The third-order valence-corrected chi connectivity index (χ3v) is 4.47. The molecule has 1 amide bonds. The molecule has 0 saturated carbocycles. The van der Waals surface area contributed by atoms with E-state index >= 15 is 0 Å². The van der Waals surface area contributed by atoms with E-state index in [4.69, 9.17) is 16.3 Å². The lowest BCUT2D eigenvalue weighted by Crippen LogP contribution is -2.46. The Morgan fingerprint density at radius 3 is 2.83 bits per heavy atom. The first kappa shape index (κ1) is 16.7. The molecule has 2 aromatic rings. The summed E-state index contributed by atoms with van der Waals surface area (Å²) in [5, 5.41) is 3.66. The van der Waals surface area contributed by atoms with Crippen LogP contribution in [0.4, 0.5) is 0 Å². The van der Waals surface area contributed by atoms with Crippen molar-refractivity contribution in [3.05, 3.63) is 53.3 Å². The minimum atomic E-state index is 0.00677. The number of aromatic nitrogens is 1. The summed E-state index contributed by atoms with van der Waals surface area (Å²) in [6.07, 6.45) is 5.40. The Morgan fingerprint density at radius 2 is 2.12 bits per heavy atom. The predicted molar refractivity (Wildman–Crippen MR) is 93.7 cm³/mol. The molecular formula is C18H20ClN3O2. The van der Waals surface area contributed by atoms with E-state index in [0.29, 0.717) is 28.1 Å². The highest BCUT2D eigenvalue weighted by Crippen LogP contribution is 2.30. The van der Waals surface area contributed by atoms with Crippen molar-refractivity contribution in [3.8, 4) is 11.5 Å². The van der Waals surface area contributed by atoms with Gasteiger partial charge in [-0.2, -0.15) is 0 Å². The van der Waals surface area contributed by atoms with Gasteiger partial charge in [0.05, 0.1) is 5.02 Å². The van der Waals surface area contributed by atoms with Gasteiger partial charge in [-0.3, -0.25) is 9.78 Å². The van der Waals surface area contributed by atoms with Crippen LogP contribution in [0, 0.1) is 0 Å². The van der Waals surface area contributed by atoms with Gasteiger partial charge in [0.2, 0.25) is 0 Å². The van der Waals surface area contributed by atoms with Gasteiger partial charge in [-0.15, -0.1) is 0 Å². The first-order valence-electron chi connectivity index (χ1n) is 8.01. The van der Waals surface area contributed by atoms with Crippen molar-refractivity contribution in [3.63, 3.8) is 0 Å². The van der Waals surface area contributed by atoms with Crippen LogP contribution in [0.25, 0.3) is 0 Å². The molecule has 24 heavy (non-hydrogen) atoms. The van der Waals surface area contributed by atoms with Crippen LogP contribution in [0.3, 0.4) is 0 Å². The van der Waals surface area contributed by atoms with Gasteiger partial charge in [0.25, 0.3) is 5.91 Å². The molecule has 1 unspecified atom stereocenters. The number of nitrogens with one attached hydrogen (secondary N) is 1. The average Bonchev–Trinajstić information content (AvgIpc) is 2.63. The van der Waals surface area contributed by atoms with Gasteiger partial charge in [-0.05, 0) is 50.2 Å². The quantitative estimate of drug-likeness (QED) is 0.923. The van der Waals surface area contributed by atoms with Crippen molar-refractivity contribution in [1.82, 2.24) is 15.2 Å². The van der Waals surface area contributed by atoms with Crippen LogP contribution < -0.4 is 10.1 Å². The van der Waals surface area contributed by atoms with Crippen molar-refractivity contribution in [2.24, 2.45) is 0 Å². The van der Waals surface area contributed by atoms with Crippen molar-refractivity contribution in [1.29, 1.82) is 0 Å². The summed E-state index contributed by atoms with van der Waals surface area (Å²) < 4.78 is 5.72. The molecule has 3 rings (SSSR count). The maximum atomic E-state index is 12.7. The van der Waals surface area contributed by atoms with Crippen molar-refractivity contribution in [2.75, 3.05) is 20.1 Å². The van der Waals surface area contributed by atoms with Crippen LogP contribution in [-0.4, -0.2) is 42.0 Å². The Balaban J connectivity index is 1.73. The second kappa shape index (κ2) is 7.64. The largest absolute Gasteiger partial charge is 0.456 e. The summed E-state index contributed by atoms with van der Waals surface area (Å²) in [4.78, 5) is 18.5. The monoisotopic (exact) mass is 345 g/mol. The molecule has 1 N–H and O–H groups in total. The SMILES string of the molecule is CNC1CCCN(C(=O)c2ccc(Oc3ccncc3)c(Cl)c2)C1. The lowest BCUT2D eigenvalue weighted by Gasteiger charge is -2.32. The van der Waals surface area contributed by atoms with Crippen LogP contribution in [0.1, 0.15) is 23.2 Å². The molecule has 1 aliphatic heterocycles. The number of hydrogen-bond donors (Lipinski definition) is 1. The van der Waals surface area contributed by atoms with Crippen molar-refractivity contribution >= 4 is 17.5 Å². The Hall–Kier alpha value is -2.11. The average molecular weight is 346 g/mol. The zero-order valence-electron chi connectivity index (χ0n) is 13.5. The van der Waals surface area contributed by atoms with Crippen LogP contribution in [0.15, 0.2) is 42.7 Å². The second-order valence-corrected chi connectivity index (χ2v) is 6.22. The number of benzene rings is 1. The fourth-order valence-corrected chi connectivity index (χ4v) is 3.05. The third kappa shape index (κ3) is 3.86. The molecule has 1 aromatic heterocycles. The lowest BCUT2D eigenvalue weighted by molar-refractivity contribution is 0.0698. The Morgan fingerprint density at radius 1 is 1.33 bits per heavy atom. The summed E-state index contributed by atoms with van der Waals surface area (Å²) in [6, 6.07) is 9.02. The van der Waals surface area contributed by atoms with Crippen LogP contribution >= 0.6 is 11.6 Å². The molecule has 1 fully saturated rings. The summed E-state index contributed by atoms with van der Waals surface area (Å²) >= 11 is 6.29. The first-order valence-corrected chi connectivity index (χ1v) is 8.39. The topological polar surface area (TPSA) is 54.5 Å². The zero-order valence-corrected chi connectivity index (χ0v) is 14.3. The first-order chi connectivity index (χ1) is 11.7. The number of halogens is 1. The van der Waals surface area contributed by atoms with Crippen molar-refractivity contribution in [2.45, 2.75) is 18.9 Å². The number of ether oxygens (including phenoxy) is 1. The van der Waals surface area contributed by atoms with Gasteiger partial charge in [0, 0.05) is 37.1 Å². The summed E-state index contributed by atoms with van der Waals surface area (Å²) in [6.45, 7) is 1.51. The van der Waals surface area contributed by atoms with E-state index in [-0.39, 0.29) is 5.91 Å². The Labute approximate surface area is 146 Å². The molecular weight excluding hydrogens is 326 g/mol. The molecule has 6 heteroatoms. The highest BCUT2D eigenvalue weighted by atomic mass is 35.5. The fourth-order valence-electron chi connectivity index (χ4n) is 2.83. The van der Waals surface area contributed by atoms with E-state index in [1.165, 1.54) is 0 Å². The molecule has 2 heterocycles. The molecule has 1 aromatic carbocycles. The number of piperidine rings is 1. The number of likely N-dealkylation sites (N-methyl/N-ethyl adjacent to an activating group) is 1. The minimum Gasteiger partial charge on any atom is -0.456 e. The highest BCUT2D eigenvalue weighted by molar-refractivity contribution is 6.32. The van der Waals surface area contributed by atoms with Crippen LogP contribution in [-0.2, 0) is 0 Å². The molecule has 0 bridgehead atoms. The number of likely N-dealkylation sites (tertiary alicyclic amines) is 1. The molecule has 5 nitrogen and oxygen atoms in total. The molecule has 0 radical (unpaired) electrons. The van der Waals surface area contributed by atoms with E-state index in [9.17, 15) is 4.79 Å². The molecule has 1 saturated heterocycles. The van der Waals surface area contributed by atoms with E-state index in [0.717, 1.165) is 25.9 Å². The Kier molecular flexibility index (Phi) is 5.33. The third-order valence-electron chi connectivity index (χ3n) is 4.17. The molecule has 1 atom stereocenters. The van der Waals surface area contributed by atoms with Crippen LogP contribution in [0.2, 0.25) is 5.02 Å². The van der Waals surface area contributed by atoms with E-state index in [2.05, 4.69) is 10.3 Å². The van der Waals surface area contributed by atoms with Gasteiger partial charge in [0.15, 0.2) is 0 Å². The van der Waals surface area contributed by atoms with Crippen LogP contribution in [0.5, 0.6) is 11.5 Å². The van der Waals surface area contributed by atoms with Gasteiger partial charge in [-0.1, -0.05) is 11.6 Å². The van der Waals surface area contributed by atoms with E-state index in [1.54, 1.807) is 42.7 Å². The molecule has 126 valence electrons. The van der Waals surface area contributed by atoms with E-state index < -0.39 is 0 Å². The summed E-state index contributed by atoms with van der Waals surface area (Å²) in [7, 11) is 1.93. The zero-order chi connectivity index (χ0) is 16.9. The van der Waals surface area contributed by atoms with Crippen molar-refractivity contribution < 1.29 is 9.53 Å². The van der Waals surface area contributed by atoms with Gasteiger partial charge in [-0.25, -0.2) is 0 Å². The summed E-state index contributed by atoms with van der Waals surface area (Å²) in [5.74, 6) is 1.18. The second-order valence-electron chi connectivity index (χ2n) is 5.81. The molecule has 1 aliphatic rings. The van der Waals surface area contributed by atoms with E-state index in [1.807, 2.05) is 11.9 Å². The number of carbonyl (C=O) groups is 1. The number of carbonyl (C=O) groups excluding carboxylic acids is 1.